The summed E-state index contributed by atoms with van der Waals surface area (Å²) in [5, 5.41) is 19.6. The Balaban J connectivity index is -0.000000135. The van der Waals surface area contributed by atoms with E-state index in [4.69, 9.17) is 5.73 Å². The molecule has 6 N–H and O–H groups in total. The molecule has 13 heavy (non-hydrogen) atoms. The van der Waals surface area contributed by atoms with Crippen LogP contribution in [0.2, 0.25) is 0 Å². The van der Waals surface area contributed by atoms with Crippen LogP contribution in [0.15, 0.2) is 0 Å². The number of aliphatic carboxylic acids is 2. The standard InChI is InChI=1S/C5H9NO4.Ca.2H2O/c6-3(5(9)10)1-2-4(7)8;;;/h3H,1-2,6H2,(H,7,8)(H,9,10);;2*1H2/q;+2;;/p-2. The van der Waals surface area contributed by atoms with Crippen LogP contribution >= 0.6 is 0 Å². The second-order valence-electron chi connectivity index (χ2n) is 1.84. The third-order valence-electron chi connectivity index (χ3n) is 0.962. The summed E-state index contributed by atoms with van der Waals surface area (Å²) in [6.45, 7) is 0. The molecule has 0 aliphatic rings. The minimum atomic E-state index is -1.44. The number of carboxylic acids is 2. The fraction of sp³-hybridized carbons (Fsp3) is 0.600. The number of rotatable bonds is 4. The second kappa shape index (κ2) is 12.1. The molecule has 0 aliphatic heterocycles. The smallest absolute Gasteiger partial charge is 0.550 e. The first-order valence-corrected chi connectivity index (χ1v) is 2.70. The van der Waals surface area contributed by atoms with Crippen LogP contribution in [0.5, 0.6) is 0 Å². The first-order chi connectivity index (χ1) is 4.54. The minimum Gasteiger partial charge on any atom is -0.550 e. The average Bonchev–Trinajstić information content (AvgIpc) is 1.82. The van der Waals surface area contributed by atoms with Crippen molar-refractivity contribution in [2.75, 3.05) is 0 Å². The predicted octanol–water partition coefficient (Wildman–Crippen LogP) is -5.44. The van der Waals surface area contributed by atoms with Crippen LogP contribution in [-0.2, 0) is 9.59 Å². The van der Waals surface area contributed by atoms with E-state index in [1.54, 1.807) is 0 Å². The molecule has 0 aromatic rings. The molecular weight excluding hydrogens is 210 g/mol. The molecule has 8 heteroatoms. The number of hydrogen-bond donors (Lipinski definition) is 1. The molecule has 0 radical (unpaired) electrons. The van der Waals surface area contributed by atoms with Crippen molar-refractivity contribution in [3.63, 3.8) is 0 Å². The summed E-state index contributed by atoms with van der Waals surface area (Å²) >= 11 is 0. The fourth-order valence-corrected chi connectivity index (χ4v) is 0.391. The van der Waals surface area contributed by atoms with E-state index >= 15 is 0 Å². The average molecular weight is 221 g/mol. The van der Waals surface area contributed by atoms with Crippen molar-refractivity contribution >= 4 is 49.7 Å². The monoisotopic (exact) mass is 221 g/mol. The number of carbonyl (C=O) groups excluding carboxylic acids is 2. The molecule has 0 aromatic carbocycles. The van der Waals surface area contributed by atoms with Crippen molar-refractivity contribution < 1.29 is 30.8 Å². The Hall–Kier alpha value is 0.0797. The molecule has 0 saturated heterocycles. The van der Waals surface area contributed by atoms with E-state index in [9.17, 15) is 19.8 Å². The van der Waals surface area contributed by atoms with Gasteiger partial charge in [0.1, 0.15) is 0 Å². The zero-order valence-electron chi connectivity index (χ0n) is 6.91. The summed E-state index contributed by atoms with van der Waals surface area (Å²) < 4.78 is 0. The predicted molar refractivity (Wildman–Crippen MR) is 40.2 cm³/mol. The summed E-state index contributed by atoms with van der Waals surface area (Å²) in [6, 6.07) is -1.21. The Labute approximate surface area is 105 Å². The van der Waals surface area contributed by atoms with Gasteiger partial charge in [-0.05, 0) is 12.8 Å². The molecule has 7 nitrogen and oxygen atoms in total. The van der Waals surface area contributed by atoms with Gasteiger partial charge >= 0.3 is 37.7 Å². The zero-order valence-corrected chi connectivity index (χ0v) is 9.12. The first kappa shape index (κ1) is 23.2. The SMILES string of the molecule is NC(CCC(=O)[O-])C(=O)[O-].O.O.[Ca+2]. The molecule has 0 aliphatic carbocycles. The van der Waals surface area contributed by atoms with Gasteiger partial charge in [0.25, 0.3) is 0 Å². The maximum absolute atomic E-state index is 9.86. The fourth-order valence-electron chi connectivity index (χ4n) is 0.391. The third kappa shape index (κ3) is 14.9. The van der Waals surface area contributed by atoms with Gasteiger partial charge in [-0.2, -0.15) is 0 Å². The molecule has 0 aromatic heterocycles. The van der Waals surface area contributed by atoms with Gasteiger partial charge in [-0.15, -0.1) is 0 Å². The minimum absolute atomic E-state index is 0. The summed E-state index contributed by atoms with van der Waals surface area (Å²) in [7, 11) is 0. The van der Waals surface area contributed by atoms with Crippen LogP contribution in [0.3, 0.4) is 0 Å². The summed E-state index contributed by atoms with van der Waals surface area (Å²) in [4.78, 5) is 19.6. The molecule has 74 valence electrons. The Morgan fingerprint density at radius 3 is 1.85 bits per heavy atom. The Bertz CT molecular complexity index is 152. The van der Waals surface area contributed by atoms with Crippen LogP contribution in [-0.4, -0.2) is 66.7 Å². The molecule has 0 fully saturated rings. The van der Waals surface area contributed by atoms with Crippen LogP contribution in [0.4, 0.5) is 0 Å². The maximum Gasteiger partial charge on any atom is 2.00 e. The van der Waals surface area contributed by atoms with Crippen molar-refractivity contribution in [1.29, 1.82) is 0 Å². The van der Waals surface area contributed by atoms with Crippen molar-refractivity contribution in [2.45, 2.75) is 18.9 Å². The van der Waals surface area contributed by atoms with Crippen molar-refractivity contribution in [3.05, 3.63) is 0 Å². The first-order valence-electron chi connectivity index (χ1n) is 2.70. The Morgan fingerprint density at radius 1 is 1.23 bits per heavy atom. The molecule has 1 unspecified atom stereocenters. The zero-order chi connectivity index (χ0) is 8.15. The number of nitrogens with two attached hydrogens (primary N) is 1. The van der Waals surface area contributed by atoms with Gasteiger partial charge in [0.2, 0.25) is 0 Å². The largest absolute Gasteiger partial charge is 2.00 e. The van der Waals surface area contributed by atoms with Crippen molar-refractivity contribution in [2.24, 2.45) is 5.73 Å². The molecule has 0 rings (SSSR count). The normalized spacial score (nSPS) is 9.62. The molecule has 0 spiro atoms. The number of hydrogen-bond acceptors (Lipinski definition) is 5. The van der Waals surface area contributed by atoms with Gasteiger partial charge in [-0.25, -0.2) is 0 Å². The summed E-state index contributed by atoms with van der Waals surface area (Å²) in [6.07, 6.45) is -0.500. The van der Waals surface area contributed by atoms with E-state index in [0.717, 1.165) is 0 Å². The van der Waals surface area contributed by atoms with Gasteiger partial charge in [-0.1, -0.05) is 0 Å². The van der Waals surface area contributed by atoms with E-state index < -0.39 is 18.0 Å². The third-order valence-corrected chi connectivity index (χ3v) is 0.962. The second-order valence-corrected chi connectivity index (χ2v) is 1.84. The molecule has 1 atom stereocenters. The van der Waals surface area contributed by atoms with E-state index in [-0.39, 0.29) is 61.5 Å². The Kier molecular flexibility index (Phi) is 21.5. The van der Waals surface area contributed by atoms with E-state index in [2.05, 4.69) is 0 Å². The maximum atomic E-state index is 9.86. The molecule has 0 bridgehead atoms. The molecule has 0 saturated carbocycles. The van der Waals surface area contributed by atoms with Gasteiger partial charge < -0.3 is 36.5 Å². The van der Waals surface area contributed by atoms with Crippen molar-refractivity contribution in [1.82, 2.24) is 0 Å². The summed E-state index contributed by atoms with van der Waals surface area (Å²) in [5.74, 6) is -2.75. The van der Waals surface area contributed by atoms with E-state index in [0.29, 0.717) is 0 Å². The van der Waals surface area contributed by atoms with Gasteiger partial charge in [0.05, 0.1) is 5.97 Å². The van der Waals surface area contributed by atoms with Crippen LogP contribution in [0.1, 0.15) is 12.8 Å². The van der Waals surface area contributed by atoms with E-state index in [1.165, 1.54) is 0 Å². The topological polar surface area (TPSA) is 169 Å². The number of carbonyl (C=O) groups is 2. The molecule has 0 heterocycles. The molecular formula is C5H11CaNO6. The molecule has 0 amide bonds. The van der Waals surface area contributed by atoms with Crippen LogP contribution in [0.25, 0.3) is 0 Å². The quantitative estimate of drug-likeness (QED) is 0.466. The van der Waals surface area contributed by atoms with Crippen molar-refractivity contribution in [3.8, 4) is 0 Å². The number of carboxylic acid groups (broad SMARTS) is 2. The van der Waals surface area contributed by atoms with Crippen LogP contribution < -0.4 is 15.9 Å². The van der Waals surface area contributed by atoms with Gasteiger partial charge in [0, 0.05) is 12.0 Å². The van der Waals surface area contributed by atoms with Gasteiger partial charge in [0.15, 0.2) is 0 Å². The summed E-state index contributed by atoms with van der Waals surface area (Å²) in [5.41, 5.74) is 4.91. The van der Waals surface area contributed by atoms with E-state index in [1.807, 2.05) is 0 Å². The van der Waals surface area contributed by atoms with Crippen LogP contribution in [0, 0.1) is 0 Å². The van der Waals surface area contributed by atoms with Gasteiger partial charge in [-0.3, -0.25) is 0 Å². The Morgan fingerprint density at radius 2 is 1.62 bits per heavy atom.